The number of nitrogens with zero attached hydrogens (tertiary/aromatic N) is 3. The van der Waals surface area contributed by atoms with Gasteiger partial charge in [0.25, 0.3) is 0 Å². The van der Waals surface area contributed by atoms with Gasteiger partial charge in [-0.2, -0.15) is 0 Å². The van der Waals surface area contributed by atoms with Crippen LogP contribution in [0.4, 0.5) is 10.5 Å². The van der Waals surface area contributed by atoms with Crippen LogP contribution >= 0.6 is 0 Å². The number of rotatable bonds is 5. The lowest BCUT2D eigenvalue weighted by Crippen LogP contribution is -2.43. The molecule has 0 saturated carbocycles. The normalized spacial score (nSPS) is 17.7. The first kappa shape index (κ1) is 18.9. The Labute approximate surface area is 168 Å². The van der Waals surface area contributed by atoms with Crippen LogP contribution in [-0.2, 0) is 9.59 Å². The number of amides is 4. The number of ether oxygens (including phenoxy) is 1. The van der Waals surface area contributed by atoms with Gasteiger partial charge in [-0.1, -0.05) is 36.4 Å². The summed E-state index contributed by atoms with van der Waals surface area (Å²) in [6.07, 6.45) is 2.92. The van der Waals surface area contributed by atoms with E-state index < -0.39 is 17.8 Å². The van der Waals surface area contributed by atoms with E-state index in [1.165, 1.54) is 18.2 Å². The van der Waals surface area contributed by atoms with Crippen molar-refractivity contribution in [2.75, 3.05) is 31.8 Å². The largest absolute Gasteiger partial charge is 0.497 e. The Kier molecular flexibility index (Phi) is 5.14. The molecule has 2 aliphatic rings. The zero-order valence-electron chi connectivity index (χ0n) is 16.1. The van der Waals surface area contributed by atoms with E-state index in [9.17, 15) is 14.4 Å². The Morgan fingerprint density at radius 2 is 1.66 bits per heavy atom. The standard InChI is InChI=1S/C22H21N3O4/c1-29-19-9-7-18(8-10-19)25-21(27)20(26)24(22(25)28)15-23-13-11-17(12-14-23)16-5-3-2-4-6-16/h2-11H,12-15H2,1H3. The second-order valence-electron chi connectivity index (χ2n) is 6.92. The fourth-order valence-corrected chi connectivity index (χ4v) is 3.54. The molecule has 2 aromatic rings. The molecule has 148 valence electrons. The van der Waals surface area contributed by atoms with Gasteiger partial charge >= 0.3 is 17.8 Å². The number of hydrogen-bond acceptors (Lipinski definition) is 5. The van der Waals surface area contributed by atoms with Crippen molar-refractivity contribution >= 4 is 29.1 Å². The molecule has 0 spiro atoms. The Bertz CT molecular complexity index is 969. The SMILES string of the molecule is COc1ccc(N2C(=O)C(=O)N(CN3CC=C(c4ccccc4)CC3)C2=O)cc1. The molecule has 2 aromatic carbocycles. The molecule has 7 nitrogen and oxygen atoms in total. The van der Waals surface area contributed by atoms with Crippen molar-refractivity contribution in [2.45, 2.75) is 6.42 Å². The van der Waals surface area contributed by atoms with Crippen LogP contribution in [-0.4, -0.2) is 54.5 Å². The number of anilines is 1. The smallest absolute Gasteiger partial charge is 0.340 e. The van der Waals surface area contributed by atoms with Crippen LogP contribution in [0.3, 0.4) is 0 Å². The van der Waals surface area contributed by atoms with E-state index in [1.807, 2.05) is 23.1 Å². The summed E-state index contributed by atoms with van der Waals surface area (Å²) < 4.78 is 5.09. The topological polar surface area (TPSA) is 70.2 Å². The van der Waals surface area contributed by atoms with Gasteiger partial charge < -0.3 is 4.74 Å². The Morgan fingerprint density at radius 1 is 0.931 bits per heavy atom. The number of benzene rings is 2. The summed E-state index contributed by atoms with van der Waals surface area (Å²) in [7, 11) is 1.53. The molecule has 1 saturated heterocycles. The van der Waals surface area contributed by atoms with Crippen molar-refractivity contribution in [1.82, 2.24) is 9.80 Å². The summed E-state index contributed by atoms with van der Waals surface area (Å²) in [5, 5.41) is 0. The van der Waals surface area contributed by atoms with Crippen molar-refractivity contribution < 1.29 is 19.1 Å². The average Bonchev–Trinajstić information content (AvgIpc) is 2.98. The highest BCUT2D eigenvalue weighted by molar-refractivity contribution is 6.52. The quantitative estimate of drug-likeness (QED) is 0.579. The summed E-state index contributed by atoms with van der Waals surface area (Å²) in [4.78, 5) is 41.5. The first-order valence-electron chi connectivity index (χ1n) is 9.39. The zero-order chi connectivity index (χ0) is 20.4. The van der Waals surface area contributed by atoms with E-state index in [4.69, 9.17) is 4.74 Å². The van der Waals surface area contributed by atoms with E-state index in [0.29, 0.717) is 24.5 Å². The monoisotopic (exact) mass is 391 g/mol. The molecule has 7 heteroatoms. The molecule has 0 unspecified atom stereocenters. The molecule has 4 rings (SSSR count). The number of carbonyl (C=O) groups is 3. The molecule has 2 heterocycles. The number of urea groups is 1. The highest BCUT2D eigenvalue weighted by atomic mass is 16.5. The maximum Gasteiger partial charge on any atom is 0.340 e. The van der Waals surface area contributed by atoms with E-state index in [1.54, 1.807) is 24.3 Å². The Balaban J connectivity index is 1.45. The van der Waals surface area contributed by atoms with E-state index >= 15 is 0 Å². The number of hydrogen-bond donors (Lipinski definition) is 0. The van der Waals surface area contributed by atoms with Gasteiger partial charge in [0.15, 0.2) is 0 Å². The van der Waals surface area contributed by atoms with Crippen molar-refractivity contribution in [3.63, 3.8) is 0 Å². The predicted octanol–water partition coefficient (Wildman–Crippen LogP) is 2.74. The number of methoxy groups -OCH3 is 1. The van der Waals surface area contributed by atoms with E-state index in [-0.39, 0.29) is 6.67 Å². The van der Waals surface area contributed by atoms with Crippen molar-refractivity contribution in [1.29, 1.82) is 0 Å². The third-order valence-electron chi connectivity index (χ3n) is 5.16. The first-order chi connectivity index (χ1) is 14.1. The lowest BCUT2D eigenvalue weighted by molar-refractivity contribution is -0.140. The zero-order valence-corrected chi connectivity index (χ0v) is 16.1. The maximum absolute atomic E-state index is 12.8. The third-order valence-corrected chi connectivity index (χ3v) is 5.16. The average molecular weight is 391 g/mol. The van der Waals surface area contributed by atoms with Gasteiger partial charge in [0.2, 0.25) is 0 Å². The van der Waals surface area contributed by atoms with Gasteiger partial charge in [-0.05, 0) is 41.8 Å². The molecule has 4 amide bonds. The summed E-state index contributed by atoms with van der Waals surface area (Å²) >= 11 is 0. The van der Waals surface area contributed by atoms with Gasteiger partial charge in [0.1, 0.15) is 5.75 Å². The molecule has 0 N–H and O–H groups in total. The van der Waals surface area contributed by atoms with Crippen LogP contribution in [0.1, 0.15) is 12.0 Å². The van der Waals surface area contributed by atoms with Gasteiger partial charge in [-0.3, -0.25) is 14.5 Å². The van der Waals surface area contributed by atoms with Crippen LogP contribution in [0.2, 0.25) is 0 Å². The second-order valence-corrected chi connectivity index (χ2v) is 6.92. The van der Waals surface area contributed by atoms with Gasteiger partial charge in [-0.25, -0.2) is 14.6 Å². The lowest BCUT2D eigenvalue weighted by atomic mass is 10.00. The molecular formula is C22H21N3O4. The molecule has 2 aliphatic heterocycles. The van der Waals surface area contributed by atoms with Crippen LogP contribution in [0.15, 0.2) is 60.7 Å². The molecule has 1 fully saturated rings. The van der Waals surface area contributed by atoms with Crippen molar-refractivity contribution in [2.24, 2.45) is 0 Å². The van der Waals surface area contributed by atoms with Crippen LogP contribution < -0.4 is 9.64 Å². The molecule has 0 radical (unpaired) electrons. The summed E-state index contributed by atoms with van der Waals surface area (Å²) in [5.41, 5.74) is 2.78. The first-order valence-corrected chi connectivity index (χ1v) is 9.39. The minimum Gasteiger partial charge on any atom is -0.497 e. The van der Waals surface area contributed by atoms with E-state index in [0.717, 1.165) is 16.2 Å². The second kappa shape index (κ2) is 7.89. The molecular weight excluding hydrogens is 370 g/mol. The van der Waals surface area contributed by atoms with E-state index in [2.05, 4.69) is 18.2 Å². The molecule has 0 aromatic heterocycles. The highest BCUT2D eigenvalue weighted by Gasteiger charge is 2.45. The van der Waals surface area contributed by atoms with Crippen LogP contribution in [0.5, 0.6) is 5.75 Å². The number of imide groups is 2. The van der Waals surface area contributed by atoms with Crippen molar-refractivity contribution in [3.05, 3.63) is 66.2 Å². The lowest BCUT2D eigenvalue weighted by Gasteiger charge is -2.29. The minimum absolute atomic E-state index is 0.0919. The van der Waals surface area contributed by atoms with Crippen molar-refractivity contribution in [3.8, 4) is 5.75 Å². The van der Waals surface area contributed by atoms with Crippen LogP contribution in [0.25, 0.3) is 5.57 Å². The fourth-order valence-electron chi connectivity index (χ4n) is 3.54. The highest BCUT2D eigenvalue weighted by Crippen LogP contribution is 2.26. The molecule has 0 bridgehead atoms. The van der Waals surface area contributed by atoms with Gasteiger partial charge in [0.05, 0.1) is 19.5 Å². The van der Waals surface area contributed by atoms with Gasteiger partial charge in [-0.15, -0.1) is 0 Å². The predicted molar refractivity (Wildman–Crippen MR) is 108 cm³/mol. The summed E-state index contributed by atoms with van der Waals surface area (Å²) in [6.45, 7) is 1.40. The Hall–Kier alpha value is -3.45. The summed E-state index contributed by atoms with van der Waals surface area (Å²) in [6, 6.07) is 16.0. The molecule has 0 atom stereocenters. The van der Waals surface area contributed by atoms with Crippen LogP contribution in [0, 0.1) is 0 Å². The fraction of sp³-hybridized carbons (Fsp3) is 0.227. The van der Waals surface area contributed by atoms with Gasteiger partial charge in [0, 0.05) is 13.1 Å². The molecule has 0 aliphatic carbocycles. The molecule has 29 heavy (non-hydrogen) atoms. The minimum atomic E-state index is -0.835. The maximum atomic E-state index is 12.8. The number of carbonyl (C=O) groups excluding carboxylic acids is 3. The Morgan fingerprint density at radius 3 is 2.28 bits per heavy atom. The summed E-state index contributed by atoms with van der Waals surface area (Å²) in [5.74, 6) is -1.04. The third kappa shape index (κ3) is 3.64.